The van der Waals surface area contributed by atoms with Gasteiger partial charge in [-0.15, -0.1) is 0 Å². The van der Waals surface area contributed by atoms with Gasteiger partial charge in [0.1, 0.15) is 12.4 Å². The fraction of sp³-hybridized carbons (Fsp3) is 0.714. The van der Waals surface area contributed by atoms with E-state index in [9.17, 15) is 10.1 Å². The molecule has 2 heterocycles. The van der Waals surface area contributed by atoms with Crippen molar-refractivity contribution in [2.75, 3.05) is 31.5 Å². The lowest BCUT2D eigenvalue weighted by Crippen LogP contribution is -2.39. The first-order valence-electron chi connectivity index (χ1n) is 7.47. The molecule has 2 unspecified atom stereocenters. The number of nitrogens with one attached hydrogen (secondary N) is 1. The molecule has 116 valence electrons. The highest BCUT2D eigenvalue weighted by Crippen LogP contribution is 2.20. The van der Waals surface area contributed by atoms with Crippen LogP contribution in [-0.2, 0) is 0 Å². The highest BCUT2D eigenvalue weighted by atomic mass is 16.6. The number of piperidine rings is 1. The van der Waals surface area contributed by atoms with Gasteiger partial charge >= 0.3 is 5.69 Å². The van der Waals surface area contributed by atoms with Crippen molar-refractivity contribution in [2.24, 2.45) is 11.8 Å². The third kappa shape index (κ3) is 4.93. The minimum atomic E-state index is -0.498. The van der Waals surface area contributed by atoms with E-state index in [1.807, 2.05) is 0 Å². The van der Waals surface area contributed by atoms with Crippen molar-refractivity contribution in [3.05, 3.63) is 22.5 Å². The molecule has 7 nitrogen and oxygen atoms in total. The summed E-state index contributed by atoms with van der Waals surface area (Å²) in [4.78, 5) is 20.4. The van der Waals surface area contributed by atoms with Crippen LogP contribution in [0.25, 0.3) is 0 Å². The Morgan fingerprint density at radius 2 is 1.95 bits per heavy atom. The first-order valence-corrected chi connectivity index (χ1v) is 7.47. The van der Waals surface area contributed by atoms with E-state index in [4.69, 9.17) is 0 Å². The van der Waals surface area contributed by atoms with E-state index in [0.29, 0.717) is 5.95 Å². The maximum Gasteiger partial charge on any atom is 0.305 e. The van der Waals surface area contributed by atoms with Crippen LogP contribution < -0.4 is 5.32 Å². The molecular formula is C14H23N5O2. The molecule has 7 heteroatoms. The van der Waals surface area contributed by atoms with Gasteiger partial charge in [-0.2, -0.15) is 0 Å². The van der Waals surface area contributed by atoms with Crippen molar-refractivity contribution in [1.29, 1.82) is 0 Å². The molecule has 1 saturated heterocycles. The minimum Gasteiger partial charge on any atom is -0.354 e. The second kappa shape index (κ2) is 7.31. The van der Waals surface area contributed by atoms with Crippen molar-refractivity contribution < 1.29 is 4.92 Å². The van der Waals surface area contributed by atoms with E-state index >= 15 is 0 Å². The molecule has 0 radical (unpaired) electrons. The SMILES string of the molecule is CC1CC(C)CN(CCCNc2ncc([N+](=O)[O-])cn2)C1. The van der Waals surface area contributed by atoms with E-state index in [1.165, 1.54) is 31.9 Å². The number of hydrogen-bond acceptors (Lipinski definition) is 6. The monoisotopic (exact) mass is 293 g/mol. The highest BCUT2D eigenvalue weighted by molar-refractivity contribution is 5.30. The van der Waals surface area contributed by atoms with Crippen LogP contribution in [-0.4, -0.2) is 46.0 Å². The summed E-state index contributed by atoms with van der Waals surface area (Å²) < 4.78 is 0. The molecule has 0 spiro atoms. The summed E-state index contributed by atoms with van der Waals surface area (Å²) in [5.41, 5.74) is -0.0863. The fourth-order valence-electron chi connectivity index (χ4n) is 2.98. The molecular weight excluding hydrogens is 270 g/mol. The molecule has 21 heavy (non-hydrogen) atoms. The van der Waals surface area contributed by atoms with Crippen LogP contribution in [0.4, 0.5) is 11.6 Å². The van der Waals surface area contributed by atoms with E-state index in [0.717, 1.165) is 31.3 Å². The minimum absolute atomic E-state index is 0.0863. The number of rotatable bonds is 6. The summed E-state index contributed by atoms with van der Waals surface area (Å²) >= 11 is 0. The van der Waals surface area contributed by atoms with Gasteiger partial charge in [-0.05, 0) is 31.2 Å². The molecule has 0 saturated carbocycles. The van der Waals surface area contributed by atoms with E-state index in [1.54, 1.807) is 0 Å². The predicted octanol–water partition coefficient (Wildman–Crippen LogP) is 2.16. The van der Waals surface area contributed by atoms with Gasteiger partial charge in [0.15, 0.2) is 0 Å². The Kier molecular flexibility index (Phi) is 5.44. The maximum atomic E-state index is 10.5. The Labute approximate surface area is 124 Å². The quantitative estimate of drug-likeness (QED) is 0.491. The third-order valence-corrected chi connectivity index (χ3v) is 3.73. The number of aromatic nitrogens is 2. The molecule has 1 aliphatic heterocycles. The highest BCUT2D eigenvalue weighted by Gasteiger charge is 2.20. The van der Waals surface area contributed by atoms with E-state index in [-0.39, 0.29) is 5.69 Å². The molecule has 0 aliphatic carbocycles. The van der Waals surface area contributed by atoms with Crippen molar-refractivity contribution >= 4 is 11.6 Å². The zero-order chi connectivity index (χ0) is 15.2. The van der Waals surface area contributed by atoms with Gasteiger partial charge in [-0.3, -0.25) is 10.1 Å². The lowest BCUT2D eigenvalue weighted by atomic mass is 9.92. The van der Waals surface area contributed by atoms with Gasteiger partial charge in [0, 0.05) is 19.6 Å². The van der Waals surface area contributed by atoms with Crippen molar-refractivity contribution in [1.82, 2.24) is 14.9 Å². The second-order valence-corrected chi connectivity index (χ2v) is 6.01. The lowest BCUT2D eigenvalue weighted by Gasteiger charge is -2.34. The number of likely N-dealkylation sites (tertiary alicyclic amines) is 1. The number of nitrogens with zero attached hydrogens (tertiary/aromatic N) is 4. The summed E-state index contributed by atoms with van der Waals surface area (Å²) in [5.74, 6) is 2.00. The molecule has 0 bridgehead atoms. The first-order chi connectivity index (χ1) is 10.0. The topological polar surface area (TPSA) is 84.2 Å². The van der Waals surface area contributed by atoms with Gasteiger partial charge in [0.05, 0.1) is 4.92 Å². The second-order valence-electron chi connectivity index (χ2n) is 6.01. The van der Waals surface area contributed by atoms with Gasteiger partial charge in [0.25, 0.3) is 0 Å². The standard InChI is InChI=1S/C14H23N5O2/c1-11-6-12(2)10-18(9-11)5-3-4-15-14-16-7-13(8-17-14)19(20)21/h7-8,11-12H,3-6,9-10H2,1-2H3,(H,15,16,17). The number of hydrogen-bond donors (Lipinski definition) is 1. The van der Waals surface area contributed by atoms with Gasteiger partial charge in [-0.25, -0.2) is 9.97 Å². The summed E-state index contributed by atoms with van der Waals surface area (Å²) in [5, 5.41) is 13.6. The average molecular weight is 293 g/mol. The van der Waals surface area contributed by atoms with Crippen LogP contribution in [0, 0.1) is 22.0 Å². The normalized spacial score (nSPS) is 23.0. The average Bonchev–Trinajstić information content (AvgIpc) is 2.43. The third-order valence-electron chi connectivity index (χ3n) is 3.73. The van der Waals surface area contributed by atoms with E-state index in [2.05, 4.69) is 34.0 Å². The Morgan fingerprint density at radius 3 is 2.52 bits per heavy atom. The van der Waals surface area contributed by atoms with Gasteiger partial charge in [-0.1, -0.05) is 13.8 Å². The first kappa shape index (κ1) is 15.6. The molecule has 1 aromatic heterocycles. The lowest BCUT2D eigenvalue weighted by molar-refractivity contribution is -0.385. The molecule has 1 N–H and O–H groups in total. The molecule has 1 aliphatic rings. The van der Waals surface area contributed by atoms with Crippen LogP contribution >= 0.6 is 0 Å². The number of nitro groups is 1. The fourth-order valence-corrected chi connectivity index (χ4v) is 2.98. The molecule has 0 amide bonds. The Balaban J connectivity index is 1.68. The van der Waals surface area contributed by atoms with Crippen molar-refractivity contribution in [3.63, 3.8) is 0 Å². The summed E-state index contributed by atoms with van der Waals surface area (Å²) in [7, 11) is 0. The molecule has 1 fully saturated rings. The zero-order valence-corrected chi connectivity index (χ0v) is 12.7. The van der Waals surface area contributed by atoms with Gasteiger partial charge < -0.3 is 10.2 Å². The maximum absolute atomic E-state index is 10.5. The van der Waals surface area contributed by atoms with Crippen LogP contribution in [0.2, 0.25) is 0 Å². The molecule has 0 aromatic carbocycles. The van der Waals surface area contributed by atoms with Crippen molar-refractivity contribution in [3.8, 4) is 0 Å². The predicted molar refractivity (Wildman–Crippen MR) is 81.2 cm³/mol. The molecule has 2 rings (SSSR count). The summed E-state index contributed by atoms with van der Waals surface area (Å²) in [6.07, 6.45) is 4.79. The largest absolute Gasteiger partial charge is 0.354 e. The van der Waals surface area contributed by atoms with E-state index < -0.39 is 4.92 Å². The Hall–Kier alpha value is -1.76. The van der Waals surface area contributed by atoms with Crippen LogP contribution in [0.3, 0.4) is 0 Å². The summed E-state index contributed by atoms with van der Waals surface area (Å²) in [6, 6.07) is 0. The zero-order valence-electron chi connectivity index (χ0n) is 12.7. The van der Waals surface area contributed by atoms with Gasteiger partial charge in [0.2, 0.25) is 5.95 Å². The van der Waals surface area contributed by atoms with Crippen LogP contribution in [0.5, 0.6) is 0 Å². The van der Waals surface area contributed by atoms with Crippen LogP contribution in [0.1, 0.15) is 26.7 Å². The molecule has 2 atom stereocenters. The Bertz CT molecular complexity index is 455. The smallest absolute Gasteiger partial charge is 0.305 e. The van der Waals surface area contributed by atoms with Crippen molar-refractivity contribution in [2.45, 2.75) is 26.7 Å². The molecule has 1 aromatic rings. The number of anilines is 1. The van der Waals surface area contributed by atoms with Crippen LogP contribution in [0.15, 0.2) is 12.4 Å². The summed E-state index contributed by atoms with van der Waals surface area (Å²) in [6.45, 7) is 8.82. The Morgan fingerprint density at radius 1 is 1.33 bits per heavy atom.